The first-order chi connectivity index (χ1) is 7.93. The van der Waals surface area contributed by atoms with E-state index in [4.69, 9.17) is 0 Å². The Labute approximate surface area is 101 Å². The van der Waals surface area contributed by atoms with Gasteiger partial charge < -0.3 is 4.90 Å². The molecule has 0 N–H and O–H groups in total. The van der Waals surface area contributed by atoms with E-state index in [1.807, 2.05) is 13.8 Å². The molecular formula is C12H15NO3S. The number of carbonyl (C=O) groups is 1. The molecule has 1 aliphatic rings. The molecule has 0 aromatic heterocycles. The fourth-order valence-corrected chi connectivity index (χ4v) is 3.35. The maximum atomic E-state index is 12.0. The summed E-state index contributed by atoms with van der Waals surface area (Å²) in [6, 6.07) is 6.68. The maximum Gasteiger partial charge on any atom is 0.229 e. The molecule has 1 aromatic carbocycles. The van der Waals surface area contributed by atoms with Gasteiger partial charge in [-0.05, 0) is 12.1 Å². The summed E-state index contributed by atoms with van der Waals surface area (Å²) in [6.07, 6.45) is 0. The van der Waals surface area contributed by atoms with E-state index in [-0.39, 0.29) is 29.0 Å². The number of benzene rings is 1. The van der Waals surface area contributed by atoms with Crippen LogP contribution in [0.15, 0.2) is 29.2 Å². The highest BCUT2D eigenvalue weighted by Gasteiger charge is 2.31. The zero-order valence-corrected chi connectivity index (χ0v) is 10.7. The fourth-order valence-electron chi connectivity index (χ4n) is 1.93. The largest absolute Gasteiger partial charge is 0.310 e. The first-order valence-electron chi connectivity index (χ1n) is 5.56. The third-order valence-electron chi connectivity index (χ3n) is 2.83. The van der Waals surface area contributed by atoms with Gasteiger partial charge in [0.1, 0.15) is 0 Å². The smallest absolute Gasteiger partial charge is 0.229 e. The molecule has 1 aromatic rings. The highest BCUT2D eigenvalue weighted by molar-refractivity contribution is 7.91. The van der Waals surface area contributed by atoms with Crippen molar-refractivity contribution in [2.24, 2.45) is 5.92 Å². The van der Waals surface area contributed by atoms with E-state index in [0.29, 0.717) is 5.69 Å². The second-order valence-electron chi connectivity index (χ2n) is 4.43. The number of sulfone groups is 1. The van der Waals surface area contributed by atoms with Crippen LogP contribution in [-0.4, -0.2) is 26.6 Å². The summed E-state index contributed by atoms with van der Waals surface area (Å²) in [7, 11) is -3.23. The van der Waals surface area contributed by atoms with Gasteiger partial charge in [0, 0.05) is 12.5 Å². The molecule has 0 fully saturated rings. The molecule has 92 valence electrons. The van der Waals surface area contributed by atoms with Crippen LogP contribution in [0.3, 0.4) is 0 Å². The van der Waals surface area contributed by atoms with Crippen LogP contribution in [0.5, 0.6) is 0 Å². The van der Waals surface area contributed by atoms with E-state index in [2.05, 4.69) is 0 Å². The molecule has 1 aliphatic heterocycles. The van der Waals surface area contributed by atoms with Crippen molar-refractivity contribution in [1.29, 1.82) is 0 Å². The molecule has 0 bridgehead atoms. The summed E-state index contributed by atoms with van der Waals surface area (Å²) in [5.41, 5.74) is 0.512. The molecule has 0 atom stereocenters. The van der Waals surface area contributed by atoms with Crippen molar-refractivity contribution < 1.29 is 13.2 Å². The summed E-state index contributed by atoms with van der Waals surface area (Å²) in [6.45, 7) is 3.87. The molecular weight excluding hydrogens is 238 g/mol. The molecule has 17 heavy (non-hydrogen) atoms. The molecule has 4 nitrogen and oxygen atoms in total. The molecule has 0 aliphatic carbocycles. The van der Waals surface area contributed by atoms with Crippen molar-refractivity contribution in [3.63, 3.8) is 0 Å². The average Bonchev–Trinajstić information content (AvgIpc) is 2.28. The van der Waals surface area contributed by atoms with E-state index < -0.39 is 9.84 Å². The van der Waals surface area contributed by atoms with Crippen molar-refractivity contribution in [3.8, 4) is 0 Å². The van der Waals surface area contributed by atoms with Crippen molar-refractivity contribution in [2.75, 3.05) is 17.2 Å². The average molecular weight is 253 g/mol. The standard InChI is InChI=1S/C12H15NO3S/c1-9(2)12(14)13-7-8-17(15,16)11-6-4-3-5-10(11)13/h3-6,9H,7-8H2,1-2H3. The second-order valence-corrected chi connectivity index (χ2v) is 6.51. The van der Waals surface area contributed by atoms with Crippen molar-refractivity contribution in [3.05, 3.63) is 24.3 Å². The first-order valence-corrected chi connectivity index (χ1v) is 7.22. The molecule has 0 saturated heterocycles. The number of hydrogen-bond donors (Lipinski definition) is 0. The van der Waals surface area contributed by atoms with E-state index in [9.17, 15) is 13.2 Å². The Hall–Kier alpha value is -1.36. The highest BCUT2D eigenvalue weighted by atomic mass is 32.2. The Kier molecular flexibility index (Phi) is 2.95. The Morgan fingerprint density at radius 2 is 1.94 bits per heavy atom. The van der Waals surface area contributed by atoms with Crippen LogP contribution in [0.4, 0.5) is 5.69 Å². The van der Waals surface area contributed by atoms with E-state index >= 15 is 0 Å². The van der Waals surface area contributed by atoms with Crippen LogP contribution in [-0.2, 0) is 14.6 Å². The first kappa shape index (κ1) is 12.1. The molecule has 0 radical (unpaired) electrons. The van der Waals surface area contributed by atoms with Gasteiger partial charge in [0.2, 0.25) is 5.91 Å². The molecule has 0 saturated carbocycles. The lowest BCUT2D eigenvalue weighted by Gasteiger charge is -2.30. The maximum absolute atomic E-state index is 12.0. The third kappa shape index (κ3) is 2.07. The molecule has 0 spiro atoms. The van der Waals surface area contributed by atoms with Crippen LogP contribution in [0.25, 0.3) is 0 Å². The highest BCUT2D eigenvalue weighted by Crippen LogP contribution is 2.30. The van der Waals surface area contributed by atoms with Gasteiger partial charge in [0.25, 0.3) is 0 Å². The van der Waals surface area contributed by atoms with Crippen molar-refractivity contribution >= 4 is 21.4 Å². The fraction of sp³-hybridized carbons (Fsp3) is 0.417. The quantitative estimate of drug-likeness (QED) is 0.761. The summed E-state index contributed by atoms with van der Waals surface area (Å²) < 4.78 is 23.7. The van der Waals surface area contributed by atoms with E-state index in [1.165, 1.54) is 0 Å². The lowest BCUT2D eigenvalue weighted by molar-refractivity contribution is -0.121. The van der Waals surface area contributed by atoms with Gasteiger partial charge in [-0.15, -0.1) is 0 Å². The Bertz CT molecular complexity index is 549. The van der Waals surface area contributed by atoms with Crippen molar-refractivity contribution in [2.45, 2.75) is 18.7 Å². The third-order valence-corrected chi connectivity index (χ3v) is 4.57. The van der Waals surface area contributed by atoms with Gasteiger partial charge in [0.05, 0.1) is 16.3 Å². The lowest BCUT2D eigenvalue weighted by Crippen LogP contribution is -2.41. The number of para-hydroxylation sites is 1. The number of carbonyl (C=O) groups excluding carboxylic acids is 1. The summed E-state index contributed by atoms with van der Waals surface area (Å²) in [5, 5.41) is 0. The number of fused-ring (bicyclic) bond motifs is 1. The van der Waals surface area contributed by atoms with Crippen LogP contribution < -0.4 is 4.90 Å². The summed E-state index contributed by atoms with van der Waals surface area (Å²) in [5.74, 6) is -0.168. The minimum atomic E-state index is -3.23. The van der Waals surface area contributed by atoms with Crippen LogP contribution in [0.2, 0.25) is 0 Å². The van der Waals surface area contributed by atoms with Gasteiger partial charge >= 0.3 is 0 Å². The minimum absolute atomic E-state index is 0.00245. The number of nitrogens with zero attached hydrogens (tertiary/aromatic N) is 1. The van der Waals surface area contributed by atoms with Crippen LogP contribution >= 0.6 is 0 Å². The molecule has 1 amide bonds. The van der Waals surface area contributed by atoms with Gasteiger partial charge in [0.15, 0.2) is 9.84 Å². The number of anilines is 1. The Balaban J connectivity index is 2.53. The van der Waals surface area contributed by atoms with Crippen LogP contribution in [0, 0.1) is 5.92 Å². The Morgan fingerprint density at radius 1 is 1.29 bits per heavy atom. The normalized spacial score (nSPS) is 17.9. The number of hydrogen-bond acceptors (Lipinski definition) is 3. The predicted molar refractivity (Wildman–Crippen MR) is 65.7 cm³/mol. The lowest BCUT2D eigenvalue weighted by atomic mass is 10.1. The van der Waals surface area contributed by atoms with Crippen molar-refractivity contribution in [1.82, 2.24) is 0 Å². The number of amides is 1. The summed E-state index contributed by atoms with van der Waals surface area (Å²) >= 11 is 0. The minimum Gasteiger partial charge on any atom is -0.310 e. The second kappa shape index (κ2) is 4.14. The predicted octanol–water partition coefficient (Wildman–Crippen LogP) is 1.46. The van der Waals surface area contributed by atoms with Gasteiger partial charge in [-0.25, -0.2) is 8.42 Å². The van der Waals surface area contributed by atoms with Crippen LogP contribution in [0.1, 0.15) is 13.8 Å². The van der Waals surface area contributed by atoms with Gasteiger partial charge in [-0.1, -0.05) is 26.0 Å². The zero-order chi connectivity index (χ0) is 12.6. The molecule has 0 unspecified atom stereocenters. The summed E-state index contributed by atoms with van der Waals surface area (Å²) in [4.78, 5) is 13.8. The molecule has 5 heteroatoms. The molecule has 1 heterocycles. The monoisotopic (exact) mass is 253 g/mol. The van der Waals surface area contributed by atoms with E-state index in [0.717, 1.165) is 0 Å². The van der Waals surface area contributed by atoms with Gasteiger partial charge in [-0.2, -0.15) is 0 Å². The van der Waals surface area contributed by atoms with E-state index in [1.54, 1.807) is 29.2 Å². The topological polar surface area (TPSA) is 54.5 Å². The SMILES string of the molecule is CC(C)C(=O)N1CCS(=O)(=O)c2ccccc21. The molecule has 2 rings (SSSR count). The Morgan fingerprint density at radius 3 is 2.59 bits per heavy atom. The van der Waals surface area contributed by atoms with Gasteiger partial charge in [-0.3, -0.25) is 4.79 Å². The number of rotatable bonds is 1. The zero-order valence-electron chi connectivity index (χ0n) is 9.88.